The van der Waals surface area contributed by atoms with Crippen LogP contribution in [0.2, 0.25) is 0 Å². The molecule has 17 heavy (non-hydrogen) atoms. The van der Waals surface area contributed by atoms with Gasteiger partial charge in [-0.2, -0.15) is 0 Å². The van der Waals surface area contributed by atoms with Gasteiger partial charge in [0.05, 0.1) is 0 Å². The van der Waals surface area contributed by atoms with Crippen LogP contribution in [0.4, 0.5) is 5.69 Å². The van der Waals surface area contributed by atoms with Gasteiger partial charge in [0, 0.05) is 31.2 Å². The summed E-state index contributed by atoms with van der Waals surface area (Å²) in [6, 6.07) is 8.41. The summed E-state index contributed by atoms with van der Waals surface area (Å²) in [4.78, 5) is 13.0. The lowest BCUT2D eigenvalue weighted by molar-refractivity contribution is -0.117. The number of rotatable bonds is 6. The van der Waals surface area contributed by atoms with Crippen molar-refractivity contribution >= 4 is 11.6 Å². The van der Waals surface area contributed by atoms with E-state index in [1.54, 1.807) is 0 Å². The maximum Gasteiger partial charge on any atom is 0.219 e. The van der Waals surface area contributed by atoms with Crippen LogP contribution in [0.25, 0.3) is 0 Å². The van der Waals surface area contributed by atoms with Crippen LogP contribution in [0, 0.1) is 0 Å². The Morgan fingerprint density at radius 2 is 1.88 bits per heavy atom. The number of amides is 1. The van der Waals surface area contributed by atoms with Crippen molar-refractivity contribution in [2.75, 3.05) is 11.4 Å². The second-order valence-corrected chi connectivity index (χ2v) is 4.37. The van der Waals surface area contributed by atoms with E-state index >= 15 is 0 Å². The summed E-state index contributed by atoms with van der Waals surface area (Å²) < 4.78 is 0. The maximum absolute atomic E-state index is 10.8. The van der Waals surface area contributed by atoms with Gasteiger partial charge >= 0.3 is 0 Å². The third-order valence-corrected chi connectivity index (χ3v) is 2.73. The van der Waals surface area contributed by atoms with Crippen LogP contribution < -0.4 is 16.4 Å². The third kappa shape index (κ3) is 4.07. The van der Waals surface area contributed by atoms with E-state index in [4.69, 9.17) is 11.5 Å². The molecule has 0 spiro atoms. The van der Waals surface area contributed by atoms with Gasteiger partial charge in [-0.15, -0.1) is 0 Å². The number of nitrogens with zero attached hydrogens (tertiary/aromatic N) is 1. The highest BCUT2D eigenvalue weighted by molar-refractivity contribution is 5.74. The second kappa shape index (κ2) is 6.25. The Hall–Kier alpha value is -1.55. The van der Waals surface area contributed by atoms with Gasteiger partial charge in [0.15, 0.2) is 0 Å². The monoisotopic (exact) mass is 235 g/mol. The number of carbonyl (C=O) groups excluding carboxylic acids is 1. The smallest absolute Gasteiger partial charge is 0.219 e. The summed E-state index contributed by atoms with van der Waals surface area (Å²) >= 11 is 0. The Bertz CT molecular complexity index is 359. The van der Waals surface area contributed by atoms with E-state index in [0.717, 1.165) is 11.3 Å². The van der Waals surface area contributed by atoms with E-state index in [-0.39, 0.29) is 5.91 Å². The molecule has 1 amide bonds. The van der Waals surface area contributed by atoms with Crippen LogP contribution in [0.1, 0.15) is 25.8 Å². The molecule has 0 aliphatic heterocycles. The zero-order valence-electron chi connectivity index (χ0n) is 10.5. The molecule has 94 valence electrons. The molecular formula is C13H21N3O. The summed E-state index contributed by atoms with van der Waals surface area (Å²) in [5.41, 5.74) is 12.9. The third-order valence-electron chi connectivity index (χ3n) is 2.73. The van der Waals surface area contributed by atoms with Crippen LogP contribution in [0.5, 0.6) is 0 Å². The number of hydrogen-bond donors (Lipinski definition) is 2. The first-order valence-corrected chi connectivity index (χ1v) is 5.88. The van der Waals surface area contributed by atoms with Crippen molar-refractivity contribution in [1.82, 2.24) is 0 Å². The van der Waals surface area contributed by atoms with E-state index in [0.29, 0.717) is 25.6 Å². The van der Waals surface area contributed by atoms with Crippen LogP contribution in [-0.4, -0.2) is 18.5 Å². The van der Waals surface area contributed by atoms with Gasteiger partial charge in [0.1, 0.15) is 0 Å². The molecule has 0 unspecified atom stereocenters. The van der Waals surface area contributed by atoms with Crippen molar-refractivity contribution in [3.05, 3.63) is 29.8 Å². The highest BCUT2D eigenvalue weighted by Crippen LogP contribution is 2.18. The topological polar surface area (TPSA) is 72.3 Å². The molecule has 1 aromatic carbocycles. The number of nitrogens with two attached hydrogens (primary N) is 2. The zero-order valence-corrected chi connectivity index (χ0v) is 10.5. The molecule has 4 heteroatoms. The first-order valence-electron chi connectivity index (χ1n) is 5.88. The lowest BCUT2D eigenvalue weighted by atomic mass is 10.1. The van der Waals surface area contributed by atoms with Crippen LogP contribution in [-0.2, 0) is 11.3 Å². The van der Waals surface area contributed by atoms with Gasteiger partial charge in [-0.25, -0.2) is 0 Å². The lowest BCUT2D eigenvalue weighted by Crippen LogP contribution is -2.33. The second-order valence-electron chi connectivity index (χ2n) is 4.37. The van der Waals surface area contributed by atoms with Gasteiger partial charge in [0.25, 0.3) is 0 Å². The number of anilines is 1. The molecule has 0 saturated carbocycles. The van der Waals surface area contributed by atoms with Crippen LogP contribution >= 0.6 is 0 Å². The van der Waals surface area contributed by atoms with E-state index in [9.17, 15) is 4.79 Å². The standard InChI is InChI=1S/C13H21N3O/c1-10(2)16(8-7-13(15)17)12-5-3-11(9-14)4-6-12/h3-6,10H,7-9,14H2,1-2H3,(H2,15,17). The summed E-state index contributed by atoms with van der Waals surface area (Å²) in [6.07, 6.45) is 0.372. The fourth-order valence-corrected chi connectivity index (χ4v) is 1.74. The highest BCUT2D eigenvalue weighted by atomic mass is 16.1. The quantitative estimate of drug-likeness (QED) is 0.779. The van der Waals surface area contributed by atoms with Crippen LogP contribution in [0.3, 0.4) is 0 Å². The minimum Gasteiger partial charge on any atom is -0.370 e. The molecule has 0 aromatic heterocycles. The van der Waals surface area contributed by atoms with Gasteiger partial charge in [-0.3, -0.25) is 4.79 Å². The summed E-state index contributed by atoms with van der Waals surface area (Å²) in [6.45, 7) is 5.38. The van der Waals surface area contributed by atoms with Crippen molar-refractivity contribution in [1.29, 1.82) is 0 Å². The molecule has 0 aliphatic carbocycles. The van der Waals surface area contributed by atoms with E-state index < -0.39 is 0 Å². The molecular weight excluding hydrogens is 214 g/mol. The van der Waals surface area contributed by atoms with Crippen molar-refractivity contribution in [2.24, 2.45) is 11.5 Å². The van der Waals surface area contributed by atoms with Crippen molar-refractivity contribution in [2.45, 2.75) is 32.9 Å². The predicted octanol–water partition coefficient (Wildman–Crippen LogP) is 1.24. The van der Waals surface area contributed by atoms with Crippen molar-refractivity contribution in [3.63, 3.8) is 0 Å². The highest BCUT2D eigenvalue weighted by Gasteiger charge is 2.11. The van der Waals surface area contributed by atoms with E-state index in [1.165, 1.54) is 0 Å². The first-order chi connectivity index (χ1) is 8.04. The summed E-state index contributed by atoms with van der Waals surface area (Å²) in [5, 5.41) is 0. The maximum atomic E-state index is 10.8. The first kappa shape index (κ1) is 13.5. The average molecular weight is 235 g/mol. The Kier molecular flexibility index (Phi) is 4.97. The fourth-order valence-electron chi connectivity index (χ4n) is 1.74. The molecule has 1 rings (SSSR count). The lowest BCUT2D eigenvalue weighted by Gasteiger charge is -2.28. The summed E-state index contributed by atoms with van der Waals surface area (Å²) in [5.74, 6) is -0.269. The van der Waals surface area contributed by atoms with E-state index in [2.05, 4.69) is 18.7 Å². The molecule has 0 atom stereocenters. The SMILES string of the molecule is CC(C)N(CCC(N)=O)c1ccc(CN)cc1. The average Bonchev–Trinajstić information content (AvgIpc) is 2.29. The largest absolute Gasteiger partial charge is 0.370 e. The number of carbonyl (C=O) groups is 1. The fraction of sp³-hybridized carbons (Fsp3) is 0.462. The Morgan fingerprint density at radius 1 is 1.29 bits per heavy atom. The zero-order chi connectivity index (χ0) is 12.8. The number of hydrogen-bond acceptors (Lipinski definition) is 3. The minimum atomic E-state index is -0.269. The van der Waals surface area contributed by atoms with Gasteiger partial charge in [-0.1, -0.05) is 12.1 Å². The molecule has 0 saturated heterocycles. The van der Waals surface area contributed by atoms with Crippen LogP contribution in [0.15, 0.2) is 24.3 Å². The molecule has 0 bridgehead atoms. The Balaban J connectivity index is 2.78. The van der Waals surface area contributed by atoms with Gasteiger partial charge < -0.3 is 16.4 Å². The van der Waals surface area contributed by atoms with Gasteiger partial charge in [0.2, 0.25) is 5.91 Å². The van der Waals surface area contributed by atoms with Gasteiger partial charge in [-0.05, 0) is 31.5 Å². The number of benzene rings is 1. The normalized spacial score (nSPS) is 10.6. The summed E-state index contributed by atoms with van der Waals surface area (Å²) in [7, 11) is 0. The Labute approximate surface area is 103 Å². The molecule has 0 fully saturated rings. The van der Waals surface area contributed by atoms with Crippen molar-refractivity contribution in [3.8, 4) is 0 Å². The molecule has 1 aromatic rings. The molecule has 0 aliphatic rings. The Morgan fingerprint density at radius 3 is 2.29 bits per heavy atom. The molecule has 0 heterocycles. The predicted molar refractivity (Wildman–Crippen MR) is 70.6 cm³/mol. The molecule has 4 N–H and O–H groups in total. The molecule has 0 radical (unpaired) electrons. The van der Waals surface area contributed by atoms with Crippen molar-refractivity contribution < 1.29 is 4.79 Å². The molecule has 4 nitrogen and oxygen atoms in total. The number of primary amides is 1. The van der Waals surface area contributed by atoms with E-state index in [1.807, 2.05) is 24.3 Å². The minimum absolute atomic E-state index is 0.269.